The Morgan fingerprint density at radius 2 is 1.62 bits per heavy atom. The second-order valence-corrected chi connectivity index (χ2v) is 5.68. The number of anilines is 1. The van der Waals surface area contributed by atoms with Crippen LogP contribution in [0.3, 0.4) is 0 Å². The fourth-order valence-electron chi connectivity index (χ4n) is 2.44. The summed E-state index contributed by atoms with van der Waals surface area (Å²) in [6.45, 7) is -0.446. The highest BCUT2D eigenvalue weighted by molar-refractivity contribution is 5.95. The number of esters is 1. The van der Waals surface area contributed by atoms with Crippen molar-refractivity contribution in [3.05, 3.63) is 48.0 Å². The van der Waals surface area contributed by atoms with Crippen LogP contribution in [-0.4, -0.2) is 46.9 Å². The first-order chi connectivity index (χ1) is 14.0. The Hall–Kier alpha value is -3.68. The first-order valence-electron chi connectivity index (χ1n) is 8.59. The Morgan fingerprint density at radius 3 is 2.21 bits per heavy atom. The van der Waals surface area contributed by atoms with Gasteiger partial charge in [-0.15, -0.1) is 0 Å². The molecule has 154 valence electrons. The molecule has 0 bridgehead atoms. The topological polar surface area (TPSA) is 92.3 Å². The molecule has 0 aliphatic carbocycles. The Balaban J connectivity index is 1.94. The Kier molecular flexibility index (Phi) is 7.90. The van der Waals surface area contributed by atoms with E-state index in [1.165, 1.54) is 27.4 Å². The number of nitrogens with one attached hydrogen (secondary N) is 1. The number of carbonyl (C=O) groups excluding carboxylic acids is 2. The molecule has 0 aliphatic heterocycles. The maximum Gasteiger partial charge on any atom is 0.331 e. The molecule has 2 aromatic rings. The van der Waals surface area contributed by atoms with E-state index in [9.17, 15) is 9.59 Å². The van der Waals surface area contributed by atoms with Gasteiger partial charge < -0.3 is 29.0 Å². The van der Waals surface area contributed by atoms with Gasteiger partial charge in [0.2, 0.25) is 5.75 Å². The second-order valence-electron chi connectivity index (χ2n) is 5.68. The molecule has 2 rings (SSSR count). The summed E-state index contributed by atoms with van der Waals surface area (Å²) in [7, 11) is 5.99. The molecule has 29 heavy (non-hydrogen) atoms. The zero-order chi connectivity index (χ0) is 21.2. The van der Waals surface area contributed by atoms with E-state index in [1.807, 2.05) is 6.07 Å². The third-order valence-electron chi connectivity index (χ3n) is 3.80. The van der Waals surface area contributed by atoms with Gasteiger partial charge in [-0.2, -0.15) is 0 Å². The Bertz CT molecular complexity index is 867. The number of methoxy groups -OCH3 is 4. The summed E-state index contributed by atoms with van der Waals surface area (Å²) in [5.74, 6) is 0.698. The SMILES string of the molecule is COc1cccc(/C=C/C(=O)OCC(=O)Nc2cc(OC)c(OC)c(OC)c2)c1. The van der Waals surface area contributed by atoms with Crippen LogP contribution in [-0.2, 0) is 14.3 Å². The quantitative estimate of drug-likeness (QED) is 0.510. The molecule has 2 aromatic carbocycles. The van der Waals surface area contributed by atoms with Crippen molar-refractivity contribution in [1.82, 2.24) is 0 Å². The minimum Gasteiger partial charge on any atom is -0.497 e. The van der Waals surface area contributed by atoms with Crippen LogP contribution in [0.25, 0.3) is 6.08 Å². The van der Waals surface area contributed by atoms with E-state index in [2.05, 4.69) is 5.32 Å². The highest BCUT2D eigenvalue weighted by Gasteiger charge is 2.15. The van der Waals surface area contributed by atoms with E-state index in [4.69, 9.17) is 23.7 Å². The summed E-state index contributed by atoms with van der Waals surface area (Å²) in [5.41, 5.74) is 1.18. The number of carbonyl (C=O) groups is 2. The van der Waals surface area contributed by atoms with Gasteiger partial charge >= 0.3 is 5.97 Å². The van der Waals surface area contributed by atoms with E-state index < -0.39 is 18.5 Å². The van der Waals surface area contributed by atoms with Gasteiger partial charge in [0.05, 0.1) is 28.4 Å². The smallest absolute Gasteiger partial charge is 0.331 e. The number of ether oxygens (including phenoxy) is 5. The van der Waals surface area contributed by atoms with Crippen LogP contribution in [0.1, 0.15) is 5.56 Å². The van der Waals surface area contributed by atoms with E-state index in [0.717, 1.165) is 5.56 Å². The zero-order valence-electron chi connectivity index (χ0n) is 16.7. The maximum absolute atomic E-state index is 12.1. The van der Waals surface area contributed by atoms with Crippen molar-refractivity contribution in [2.45, 2.75) is 0 Å². The van der Waals surface area contributed by atoms with Crippen molar-refractivity contribution in [2.24, 2.45) is 0 Å². The van der Waals surface area contributed by atoms with Gasteiger partial charge in [-0.25, -0.2) is 4.79 Å². The van der Waals surface area contributed by atoms with E-state index in [0.29, 0.717) is 28.7 Å². The van der Waals surface area contributed by atoms with Gasteiger partial charge in [-0.05, 0) is 23.8 Å². The highest BCUT2D eigenvalue weighted by atomic mass is 16.5. The van der Waals surface area contributed by atoms with Crippen LogP contribution < -0.4 is 24.3 Å². The van der Waals surface area contributed by atoms with Gasteiger partial charge in [0.1, 0.15) is 5.75 Å². The molecule has 1 amide bonds. The zero-order valence-corrected chi connectivity index (χ0v) is 16.7. The van der Waals surface area contributed by atoms with E-state index in [-0.39, 0.29) is 0 Å². The summed E-state index contributed by atoms with van der Waals surface area (Å²) >= 11 is 0. The van der Waals surface area contributed by atoms with Crippen LogP contribution in [0, 0.1) is 0 Å². The van der Waals surface area contributed by atoms with Crippen LogP contribution in [0.5, 0.6) is 23.0 Å². The lowest BCUT2D eigenvalue weighted by atomic mass is 10.2. The maximum atomic E-state index is 12.1. The Labute approximate surface area is 169 Å². The average Bonchev–Trinajstić information content (AvgIpc) is 2.75. The number of amides is 1. The molecule has 0 aliphatic rings. The lowest BCUT2D eigenvalue weighted by Crippen LogP contribution is -2.20. The normalized spacial score (nSPS) is 10.3. The molecule has 0 heterocycles. The van der Waals surface area contributed by atoms with Gasteiger partial charge in [-0.1, -0.05) is 12.1 Å². The summed E-state index contributed by atoms with van der Waals surface area (Å²) < 4.78 is 25.8. The van der Waals surface area contributed by atoms with Crippen LogP contribution in [0.2, 0.25) is 0 Å². The number of rotatable bonds is 9. The Morgan fingerprint density at radius 1 is 0.931 bits per heavy atom. The van der Waals surface area contributed by atoms with Crippen molar-refractivity contribution in [1.29, 1.82) is 0 Å². The first kappa shape index (κ1) is 21.6. The van der Waals surface area contributed by atoms with Crippen molar-refractivity contribution < 1.29 is 33.3 Å². The van der Waals surface area contributed by atoms with Crippen molar-refractivity contribution in [3.8, 4) is 23.0 Å². The summed E-state index contributed by atoms with van der Waals surface area (Å²) in [6.07, 6.45) is 2.81. The highest BCUT2D eigenvalue weighted by Crippen LogP contribution is 2.39. The minimum absolute atomic E-state index is 0.389. The summed E-state index contributed by atoms with van der Waals surface area (Å²) in [4.78, 5) is 23.9. The van der Waals surface area contributed by atoms with E-state index >= 15 is 0 Å². The van der Waals surface area contributed by atoms with Gasteiger partial charge in [0, 0.05) is 23.9 Å². The van der Waals surface area contributed by atoms with E-state index in [1.54, 1.807) is 43.5 Å². The molecule has 1 N–H and O–H groups in total. The predicted molar refractivity (Wildman–Crippen MR) is 108 cm³/mol. The fraction of sp³-hybridized carbons (Fsp3) is 0.238. The molecule has 8 heteroatoms. The molecule has 0 aromatic heterocycles. The number of benzene rings is 2. The summed E-state index contributed by atoms with van der Waals surface area (Å²) in [6, 6.07) is 10.3. The molecule has 0 atom stereocenters. The summed E-state index contributed by atoms with van der Waals surface area (Å²) in [5, 5.41) is 2.61. The molecule has 0 saturated carbocycles. The number of hydrogen-bond acceptors (Lipinski definition) is 7. The molecule has 0 spiro atoms. The lowest BCUT2D eigenvalue weighted by Gasteiger charge is -2.14. The third kappa shape index (κ3) is 6.17. The average molecular weight is 401 g/mol. The minimum atomic E-state index is -0.645. The van der Waals surface area contributed by atoms with Gasteiger partial charge in [-0.3, -0.25) is 4.79 Å². The van der Waals surface area contributed by atoms with Crippen LogP contribution >= 0.6 is 0 Å². The van der Waals surface area contributed by atoms with Gasteiger partial charge in [0.15, 0.2) is 18.1 Å². The van der Waals surface area contributed by atoms with Crippen molar-refractivity contribution in [3.63, 3.8) is 0 Å². The molecular formula is C21H23NO7. The van der Waals surface area contributed by atoms with Crippen molar-refractivity contribution in [2.75, 3.05) is 40.4 Å². The molecular weight excluding hydrogens is 378 g/mol. The number of hydrogen-bond donors (Lipinski definition) is 1. The van der Waals surface area contributed by atoms with Crippen LogP contribution in [0.15, 0.2) is 42.5 Å². The molecule has 0 unspecified atom stereocenters. The van der Waals surface area contributed by atoms with Crippen molar-refractivity contribution >= 4 is 23.6 Å². The molecule has 8 nitrogen and oxygen atoms in total. The molecule has 0 radical (unpaired) electrons. The third-order valence-corrected chi connectivity index (χ3v) is 3.80. The molecule has 0 fully saturated rings. The molecule has 0 saturated heterocycles. The van der Waals surface area contributed by atoms with Gasteiger partial charge in [0.25, 0.3) is 5.91 Å². The largest absolute Gasteiger partial charge is 0.497 e. The second kappa shape index (κ2) is 10.6. The fourth-order valence-corrected chi connectivity index (χ4v) is 2.44. The lowest BCUT2D eigenvalue weighted by molar-refractivity contribution is -0.142. The van der Waals surface area contributed by atoms with Crippen LogP contribution in [0.4, 0.5) is 5.69 Å². The first-order valence-corrected chi connectivity index (χ1v) is 8.59. The predicted octanol–water partition coefficient (Wildman–Crippen LogP) is 2.92. The standard InChI is InChI=1S/C21H23NO7/c1-25-16-7-5-6-14(10-16)8-9-20(24)29-13-19(23)22-15-11-17(26-2)21(28-4)18(12-15)27-3/h5-12H,13H2,1-4H3,(H,22,23)/b9-8+. The monoisotopic (exact) mass is 401 g/mol.